The van der Waals surface area contributed by atoms with Crippen molar-refractivity contribution in [3.8, 4) is 0 Å². The molecule has 3 N–H and O–H groups in total. The summed E-state index contributed by atoms with van der Waals surface area (Å²) in [5.74, 6) is 0.195. The van der Waals surface area contributed by atoms with Crippen molar-refractivity contribution in [2.75, 3.05) is 19.8 Å². The fraction of sp³-hybridized carbons (Fsp3) is 0.947. The highest BCUT2D eigenvalue weighted by atomic mass is 16.5. The van der Waals surface area contributed by atoms with E-state index in [0.717, 1.165) is 19.3 Å². The van der Waals surface area contributed by atoms with Crippen molar-refractivity contribution in [2.45, 2.75) is 90.1 Å². The average Bonchev–Trinajstić information content (AvgIpc) is 2.92. The highest BCUT2D eigenvalue weighted by Gasteiger charge is 2.34. The topological polar surface area (TPSA) is 88.0 Å². The first kappa shape index (κ1) is 22.4. The summed E-state index contributed by atoms with van der Waals surface area (Å²) in [6.45, 7) is 7.06. The fourth-order valence-corrected chi connectivity index (χ4v) is 3.16. The molecule has 1 saturated carbocycles. The van der Waals surface area contributed by atoms with Gasteiger partial charge in [-0.05, 0) is 39.5 Å². The first-order chi connectivity index (χ1) is 12.0. The standard InChI is InChI=1S/C19H37NO5/c1-4-5-6-7-19(23)20-16(12-21)8-9-24-18-11-17(22)10-15(18)13-25-14(2)3/h14-18,21-22H,4-13H2,1-3H3,(H,20,23)/t15-,16?,17+,18?/m0/s1. The molecule has 1 rings (SSSR count). The Hall–Kier alpha value is -0.690. The molecule has 0 spiro atoms. The molecule has 25 heavy (non-hydrogen) atoms. The van der Waals surface area contributed by atoms with Crippen LogP contribution in [0.1, 0.15) is 65.7 Å². The summed E-state index contributed by atoms with van der Waals surface area (Å²) in [5.41, 5.74) is 0. The Bertz CT molecular complexity index is 364. The van der Waals surface area contributed by atoms with Crippen LogP contribution in [0.2, 0.25) is 0 Å². The molecule has 1 amide bonds. The minimum atomic E-state index is -0.335. The molecule has 6 nitrogen and oxygen atoms in total. The maximum atomic E-state index is 11.8. The van der Waals surface area contributed by atoms with E-state index < -0.39 is 0 Å². The highest BCUT2D eigenvalue weighted by molar-refractivity contribution is 5.76. The Morgan fingerprint density at radius 2 is 2.04 bits per heavy atom. The minimum absolute atomic E-state index is 0.00741. The second-order valence-corrected chi connectivity index (χ2v) is 7.37. The van der Waals surface area contributed by atoms with Gasteiger partial charge in [-0.15, -0.1) is 0 Å². The molecule has 148 valence electrons. The molecule has 0 aromatic rings. The minimum Gasteiger partial charge on any atom is -0.394 e. The normalized spacial score (nSPS) is 24.6. The number of hydrogen-bond donors (Lipinski definition) is 3. The van der Waals surface area contributed by atoms with E-state index in [0.29, 0.717) is 38.9 Å². The Morgan fingerprint density at radius 1 is 1.28 bits per heavy atom. The van der Waals surface area contributed by atoms with Crippen molar-refractivity contribution in [1.82, 2.24) is 5.32 Å². The first-order valence-electron chi connectivity index (χ1n) is 9.77. The van der Waals surface area contributed by atoms with Crippen LogP contribution in [0.5, 0.6) is 0 Å². The molecule has 1 aliphatic rings. The summed E-state index contributed by atoms with van der Waals surface area (Å²) >= 11 is 0. The van der Waals surface area contributed by atoms with Crippen LogP contribution in [0.15, 0.2) is 0 Å². The number of rotatable bonds is 13. The summed E-state index contributed by atoms with van der Waals surface area (Å²) in [7, 11) is 0. The second kappa shape index (κ2) is 12.6. The third kappa shape index (κ3) is 9.54. The molecular formula is C19H37NO5. The van der Waals surface area contributed by atoms with Gasteiger partial charge in [-0.25, -0.2) is 0 Å². The van der Waals surface area contributed by atoms with E-state index in [1.165, 1.54) is 0 Å². The Labute approximate surface area is 152 Å². The van der Waals surface area contributed by atoms with Crippen molar-refractivity contribution in [3.63, 3.8) is 0 Å². The van der Waals surface area contributed by atoms with Crippen LogP contribution >= 0.6 is 0 Å². The summed E-state index contributed by atoms with van der Waals surface area (Å²) in [4.78, 5) is 11.8. The molecule has 4 atom stereocenters. The van der Waals surface area contributed by atoms with Gasteiger partial charge in [-0.2, -0.15) is 0 Å². The lowest BCUT2D eigenvalue weighted by Gasteiger charge is -2.22. The third-order valence-corrected chi connectivity index (χ3v) is 4.64. The van der Waals surface area contributed by atoms with Crippen LogP contribution in [0.4, 0.5) is 0 Å². The predicted molar refractivity (Wildman–Crippen MR) is 97.3 cm³/mol. The van der Waals surface area contributed by atoms with Crippen molar-refractivity contribution in [3.05, 3.63) is 0 Å². The molecule has 0 aliphatic heterocycles. The van der Waals surface area contributed by atoms with E-state index in [1.807, 2.05) is 13.8 Å². The largest absolute Gasteiger partial charge is 0.394 e. The van der Waals surface area contributed by atoms with Gasteiger partial charge in [0.2, 0.25) is 5.91 Å². The fourth-order valence-electron chi connectivity index (χ4n) is 3.16. The van der Waals surface area contributed by atoms with Gasteiger partial charge in [0.05, 0.1) is 37.6 Å². The quantitative estimate of drug-likeness (QED) is 0.438. The molecular weight excluding hydrogens is 322 g/mol. The van der Waals surface area contributed by atoms with Gasteiger partial charge in [0.1, 0.15) is 0 Å². The van der Waals surface area contributed by atoms with Crippen molar-refractivity contribution in [2.24, 2.45) is 5.92 Å². The summed E-state index contributed by atoms with van der Waals surface area (Å²) in [5, 5.41) is 22.2. The zero-order chi connectivity index (χ0) is 18.7. The number of aliphatic hydroxyl groups is 2. The number of hydrogen-bond acceptors (Lipinski definition) is 5. The van der Waals surface area contributed by atoms with Gasteiger partial charge < -0.3 is 25.0 Å². The lowest BCUT2D eigenvalue weighted by Crippen LogP contribution is -2.38. The number of unbranched alkanes of at least 4 members (excludes halogenated alkanes) is 2. The van der Waals surface area contributed by atoms with Crippen LogP contribution in [-0.4, -0.2) is 60.3 Å². The first-order valence-corrected chi connectivity index (χ1v) is 9.77. The molecule has 2 unspecified atom stereocenters. The van der Waals surface area contributed by atoms with Crippen LogP contribution < -0.4 is 5.32 Å². The van der Waals surface area contributed by atoms with Gasteiger partial charge in [0.25, 0.3) is 0 Å². The molecule has 1 aliphatic carbocycles. The molecule has 0 aromatic heterocycles. The molecule has 0 saturated heterocycles. The lowest BCUT2D eigenvalue weighted by atomic mass is 10.1. The van der Waals surface area contributed by atoms with Crippen LogP contribution in [0.3, 0.4) is 0 Å². The number of amides is 1. The number of carbonyl (C=O) groups is 1. The smallest absolute Gasteiger partial charge is 0.220 e. The number of carbonyl (C=O) groups excluding carboxylic acids is 1. The van der Waals surface area contributed by atoms with E-state index >= 15 is 0 Å². The zero-order valence-electron chi connectivity index (χ0n) is 16.1. The summed E-state index contributed by atoms with van der Waals surface area (Å²) in [6, 6.07) is -0.272. The third-order valence-electron chi connectivity index (χ3n) is 4.64. The van der Waals surface area contributed by atoms with E-state index in [1.54, 1.807) is 0 Å². The van der Waals surface area contributed by atoms with Crippen LogP contribution in [-0.2, 0) is 14.3 Å². The summed E-state index contributed by atoms with van der Waals surface area (Å²) < 4.78 is 11.6. The zero-order valence-corrected chi connectivity index (χ0v) is 16.1. The molecule has 1 fully saturated rings. The Morgan fingerprint density at radius 3 is 2.68 bits per heavy atom. The van der Waals surface area contributed by atoms with E-state index in [9.17, 15) is 15.0 Å². The molecule has 6 heteroatoms. The highest BCUT2D eigenvalue weighted by Crippen LogP contribution is 2.29. The van der Waals surface area contributed by atoms with Gasteiger partial charge in [0, 0.05) is 18.9 Å². The van der Waals surface area contributed by atoms with Crippen LogP contribution in [0.25, 0.3) is 0 Å². The summed E-state index contributed by atoms with van der Waals surface area (Å²) in [6.07, 6.45) is 5.23. The van der Waals surface area contributed by atoms with Gasteiger partial charge in [0.15, 0.2) is 0 Å². The molecule has 0 radical (unpaired) electrons. The van der Waals surface area contributed by atoms with Crippen molar-refractivity contribution >= 4 is 5.91 Å². The number of aliphatic hydroxyl groups excluding tert-OH is 2. The van der Waals surface area contributed by atoms with Gasteiger partial charge in [-0.3, -0.25) is 4.79 Å². The van der Waals surface area contributed by atoms with E-state index in [-0.39, 0.29) is 42.8 Å². The van der Waals surface area contributed by atoms with Crippen LogP contribution in [0, 0.1) is 5.92 Å². The SMILES string of the molecule is CCCCCC(=O)NC(CO)CCOC1C[C@H](O)C[C@H]1COC(C)C. The molecule has 0 heterocycles. The van der Waals surface area contributed by atoms with E-state index in [2.05, 4.69) is 12.2 Å². The number of nitrogens with one attached hydrogen (secondary N) is 1. The second-order valence-electron chi connectivity index (χ2n) is 7.37. The Kier molecular flexibility index (Phi) is 11.3. The molecule has 0 aromatic carbocycles. The number of ether oxygens (including phenoxy) is 2. The molecule has 0 bridgehead atoms. The van der Waals surface area contributed by atoms with Crippen molar-refractivity contribution in [1.29, 1.82) is 0 Å². The van der Waals surface area contributed by atoms with E-state index in [4.69, 9.17) is 9.47 Å². The monoisotopic (exact) mass is 359 g/mol. The average molecular weight is 360 g/mol. The van der Waals surface area contributed by atoms with Gasteiger partial charge in [-0.1, -0.05) is 19.8 Å². The van der Waals surface area contributed by atoms with Crippen molar-refractivity contribution < 1.29 is 24.5 Å². The van der Waals surface area contributed by atoms with Gasteiger partial charge >= 0.3 is 0 Å². The Balaban J connectivity index is 2.28. The maximum absolute atomic E-state index is 11.8. The lowest BCUT2D eigenvalue weighted by molar-refractivity contribution is -0.122. The maximum Gasteiger partial charge on any atom is 0.220 e. The predicted octanol–water partition coefficient (Wildman–Crippen LogP) is 2.01.